The van der Waals surface area contributed by atoms with Crippen molar-refractivity contribution in [3.63, 3.8) is 0 Å². The van der Waals surface area contributed by atoms with Gasteiger partial charge in [-0.15, -0.1) is 0 Å². The summed E-state index contributed by atoms with van der Waals surface area (Å²) in [7, 11) is 0. The summed E-state index contributed by atoms with van der Waals surface area (Å²) in [4.78, 5) is 7.82. The van der Waals surface area contributed by atoms with Crippen LogP contribution in [0.3, 0.4) is 0 Å². The van der Waals surface area contributed by atoms with Gasteiger partial charge in [-0.2, -0.15) is 0 Å². The van der Waals surface area contributed by atoms with Crippen LogP contribution in [0.15, 0.2) is 34.2 Å². The van der Waals surface area contributed by atoms with Gasteiger partial charge in [0.05, 0.1) is 0 Å². The summed E-state index contributed by atoms with van der Waals surface area (Å²) >= 11 is 1.54. The van der Waals surface area contributed by atoms with Gasteiger partial charge in [-0.3, -0.25) is 10.4 Å². The molecule has 0 saturated carbocycles. The van der Waals surface area contributed by atoms with Crippen molar-refractivity contribution < 1.29 is 0 Å². The minimum Gasteiger partial charge on any atom is -0.305 e. The molecule has 1 aromatic rings. The van der Waals surface area contributed by atoms with E-state index in [-0.39, 0.29) is 0 Å². The van der Waals surface area contributed by atoms with Crippen molar-refractivity contribution in [1.29, 1.82) is 5.41 Å². The van der Waals surface area contributed by atoms with E-state index in [9.17, 15) is 0 Å². The highest BCUT2D eigenvalue weighted by Gasteiger charge is 2.27. The number of nitrogens with zero attached hydrogens (tertiary/aromatic N) is 2. The molecule has 1 aromatic carbocycles. The SMILES string of the molecule is N=C1Sc2ccccc2C2=NCCCCN12. The summed E-state index contributed by atoms with van der Waals surface area (Å²) in [5.41, 5.74) is 1.19. The lowest BCUT2D eigenvalue weighted by molar-refractivity contribution is 0.586. The molecule has 0 bridgehead atoms. The first kappa shape index (κ1) is 9.90. The molecule has 0 atom stereocenters. The Balaban J connectivity index is 2.13. The predicted octanol–water partition coefficient (Wildman–Crippen LogP) is 2.57. The second kappa shape index (κ2) is 3.94. The van der Waals surface area contributed by atoms with Gasteiger partial charge in [0.1, 0.15) is 5.84 Å². The molecule has 0 spiro atoms. The Labute approximate surface area is 99.1 Å². The number of thioether (sulfide) groups is 1. The highest BCUT2D eigenvalue weighted by molar-refractivity contribution is 8.14. The van der Waals surface area contributed by atoms with Gasteiger partial charge in [-0.1, -0.05) is 30.0 Å². The third-order valence-electron chi connectivity index (χ3n) is 2.89. The average Bonchev–Trinajstić information content (AvgIpc) is 2.55. The molecular weight excluding hydrogens is 218 g/mol. The highest BCUT2D eigenvalue weighted by atomic mass is 32.2. The van der Waals surface area contributed by atoms with Crippen LogP contribution < -0.4 is 0 Å². The molecule has 0 aliphatic carbocycles. The van der Waals surface area contributed by atoms with Crippen molar-refractivity contribution in [3.8, 4) is 0 Å². The Morgan fingerprint density at radius 1 is 1.25 bits per heavy atom. The smallest absolute Gasteiger partial charge is 0.166 e. The van der Waals surface area contributed by atoms with E-state index in [1.54, 1.807) is 0 Å². The monoisotopic (exact) mass is 231 g/mol. The van der Waals surface area contributed by atoms with Crippen LogP contribution in [0.2, 0.25) is 0 Å². The number of rotatable bonds is 0. The first-order valence-electron chi connectivity index (χ1n) is 5.54. The number of benzene rings is 1. The third kappa shape index (κ3) is 1.53. The zero-order valence-corrected chi connectivity index (χ0v) is 9.76. The van der Waals surface area contributed by atoms with Crippen LogP contribution in [-0.4, -0.2) is 29.0 Å². The zero-order valence-electron chi connectivity index (χ0n) is 8.94. The Bertz CT molecular complexity index is 467. The van der Waals surface area contributed by atoms with E-state index in [2.05, 4.69) is 17.1 Å². The molecule has 3 rings (SSSR count). The van der Waals surface area contributed by atoms with Gasteiger partial charge in [0.25, 0.3) is 0 Å². The maximum Gasteiger partial charge on any atom is 0.166 e. The van der Waals surface area contributed by atoms with Gasteiger partial charge in [-0.25, -0.2) is 0 Å². The fourth-order valence-electron chi connectivity index (χ4n) is 2.09. The molecular formula is C12H13N3S. The molecule has 0 amide bonds. The molecule has 2 heterocycles. The number of nitrogens with one attached hydrogen (secondary N) is 1. The van der Waals surface area contributed by atoms with Gasteiger partial charge in [-0.05, 0) is 18.9 Å². The van der Waals surface area contributed by atoms with E-state index in [1.807, 2.05) is 17.0 Å². The Hall–Kier alpha value is -1.29. The largest absolute Gasteiger partial charge is 0.305 e. The summed E-state index contributed by atoms with van der Waals surface area (Å²) in [6, 6.07) is 8.23. The predicted molar refractivity (Wildman–Crippen MR) is 67.4 cm³/mol. The maximum absolute atomic E-state index is 8.05. The topological polar surface area (TPSA) is 39.5 Å². The van der Waals surface area contributed by atoms with E-state index in [0.29, 0.717) is 5.17 Å². The summed E-state index contributed by atoms with van der Waals surface area (Å²) in [5, 5.41) is 8.66. The maximum atomic E-state index is 8.05. The highest BCUT2D eigenvalue weighted by Crippen LogP contribution is 2.32. The van der Waals surface area contributed by atoms with E-state index in [0.717, 1.165) is 36.7 Å². The van der Waals surface area contributed by atoms with Gasteiger partial charge < -0.3 is 4.90 Å². The normalized spacial score (nSPS) is 19.6. The average molecular weight is 231 g/mol. The Kier molecular flexibility index (Phi) is 2.44. The van der Waals surface area contributed by atoms with Crippen molar-refractivity contribution >= 4 is 22.8 Å². The van der Waals surface area contributed by atoms with Crippen LogP contribution in [0.5, 0.6) is 0 Å². The van der Waals surface area contributed by atoms with Crippen molar-refractivity contribution in [2.45, 2.75) is 17.7 Å². The molecule has 0 saturated heterocycles. The van der Waals surface area contributed by atoms with E-state index in [1.165, 1.54) is 17.3 Å². The molecule has 4 heteroatoms. The minimum atomic E-state index is 0.611. The standard InChI is InChI=1S/C12H13N3S/c13-12-15-8-4-3-7-14-11(15)9-5-1-2-6-10(9)16-12/h1-2,5-6,13H,3-4,7-8H2. The van der Waals surface area contributed by atoms with Gasteiger partial charge in [0.15, 0.2) is 5.17 Å². The molecule has 0 fully saturated rings. The van der Waals surface area contributed by atoms with Gasteiger partial charge in [0, 0.05) is 23.5 Å². The first-order valence-corrected chi connectivity index (χ1v) is 6.36. The molecule has 0 unspecified atom stereocenters. The van der Waals surface area contributed by atoms with Crippen molar-refractivity contribution in [3.05, 3.63) is 29.8 Å². The number of amidine groups is 2. The third-order valence-corrected chi connectivity index (χ3v) is 3.88. The Morgan fingerprint density at radius 2 is 2.12 bits per heavy atom. The van der Waals surface area contributed by atoms with Crippen molar-refractivity contribution in [1.82, 2.24) is 4.90 Å². The fraction of sp³-hybridized carbons (Fsp3) is 0.333. The summed E-state index contributed by atoms with van der Waals surface area (Å²) < 4.78 is 0. The van der Waals surface area contributed by atoms with E-state index in [4.69, 9.17) is 5.41 Å². The molecule has 0 aromatic heterocycles. The van der Waals surface area contributed by atoms with Crippen LogP contribution in [0.1, 0.15) is 18.4 Å². The molecule has 2 aliphatic heterocycles. The van der Waals surface area contributed by atoms with Crippen LogP contribution in [0, 0.1) is 5.41 Å². The first-order chi connectivity index (χ1) is 7.86. The lowest BCUT2D eigenvalue weighted by atomic mass is 10.2. The van der Waals surface area contributed by atoms with E-state index < -0.39 is 0 Å². The number of hydrogen-bond donors (Lipinski definition) is 1. The summed E-state index contributed by atoms with van der Waals surface area (Å²) in [5.74, 6) is 0.997. The van der Waals surface area contributed by atoms with Crippen LogP contribution in [0.25, 0.3) is 0 Å². The van der Waals surface area contributed by atoms with Crippen molar-refractivity contribution in [2.24, 2.45) is 4.99 Å². The summed E-state index contributed by atoms with van der Waals surface area (Å²) in [6.07, 6.45) is 2.25. The summed E-state index contributed by atoms with van der Waals surface area (Å²) in [6.45, 7) is 1.82. The number of hydrogen-bond acceptors (Lipinski definition) is 3. The zero-order chi connectivity index (χ0) is 11.0. The van der Waals surface area contributed by atoms with Crippen LogP contribution in [-0.2, 0) is 0 Å². The number of aliphatic imine (C=N–C) groups is 1. The molecule has 2 aliphatic rings. The second-order valence-electron chi connectivity index (χ2n) is 3.97. The molecule has 82 valence electrons. The van der Waals surface area contributed by atoms with Crippen LogP contribution >= 0.6 is 11.8 Å². The molecule has 1 N–H and O–H groups in total. The molecule has 0 radical (unpaired) electrons. The van der Waals surface area contributed by atoms with Crippen molar-refractivity contribution in [2.75, 3.05) is 13.1 Å². The number of fused-ring (bicyclic) bond motifs is 3. The Morgan fingerprint density at radius 3 is 3.06 bits per heavy atom. The quantitative estimate of drug-likeness (QED) is 0.745. The molecule has 3 nitrogen and oxygen atoms in total. The van der Waals surface area contributed by atoms with E-state index >= 15 is 0 Å². The van der Waals surface area contributed by atoms with Crippen LogP contribution in [0.4, 0.5) is 0 Å². The fourth-order valence-corrected chi connectivity index (χ4v) is 3.00. The van der Waals surface area contributed by atoms with Gasteiger partial charge >= 0.3 is 0 Å². The van der Waals surface area contributed by atoms with Gasteiger partial charge in [0.2, 0.25) is 0 Å². The molecule has 16 heavy (non-hydrogen) atoms. The minimum absolute atomic E-state index is 0.611. The second-order valence-corrected chi connectivity index (χ2v) is 5.00. The lowest BCUT2D eigenvalue weighted by Gasteiger charge is -2.30. The lowest BCUT2D eigenvalue weighted by Crippen LogP contribution is -2.38.